The van der Waals surface area contributed by atoms with Gasteiger partial charge in [-0.1, -0.05) is 42.6 Å². The van der Waals surface area contributed by atoms with Gasteiger partial charge in [-0.15, -0.1) is 24.7 Å². The fourth-order valence-electron chi connectivity index (χ4n) is 4.22. The first-order valence-corrected chi connectivity index (χ1v) is 20.3. The van der Waals surface area contributed by atoms with Gasteiger partial charge in [-0.3, -0.25) is 9.59 Å². The van der Waals surface area contributed by atoms with Crippen molar-refractivity contribution < 1.29 is 69.9 Å². The van der Waals surface area contributed by atoms with Crippen LogP contribution >= 0.6 is 15.9 Å². The highest BCUT2D eigenvalue weighted by Gasteiger charge is 2.35. The van der Waals surface area contributed by atoms with Crippen molar-refractivity contribution in [3.63, 3.8) is 0 Å². The summed E-state index contributed by atoms with van der Waals surface area (Å²) in [5.41, 5.74) is -2.47. The number of aromatic nitrogens is 4. The smallest absolute Gasteiger partial charge is 0.508 e. The molecule has 2 atom stereocenters. The Morgan fingerprint density at radius 3 is 1.74 bits per heavy atom. The van der Waals surface area contributed by atoms with E-state index in [0.717, 1.165) is 37.7 Å². The molecule has 328 valence electrons. The number of aliphatic hydroxyl groups is 2. The number of rotatable bonds is 25. The first-order valence-electron chi connectivity index (χ1n) is 19.2. The molecule has 0 saturated heterocycles. The lowest BCUT2D eigenvalue weighted by Gasteiger charge is -2.25. The molecule has 4 N–H and O–H groups in total. The largest absolute Gasteiger partial charge is 1.00 e. The molecule has 0 bridgehead atoms. The van der Waals surface area contributed by atoms with Crippen molar-refractivity contribution >= 4 is 40.1 Å². The highest BCUT2D eigenvalue weighted by molar-refractivity contribution is 9.09. The summed E-state index contributed by atoms with van der Waals surface area (Å²) in [4.78, 5) is 51.3. The van der Waals surface area contributed by atoms with Crippen LogP contribution in [0.25, 0.3) is 0 Å². The fourth-order valence-corrected chi connectivity index (χ4v) is 4.78. The van der Waals surface area contributed by atoms with E-state index in [1.807, 2.05) is 23.2 Å². The molecular weight excluding hydrogens is 884 g/mol. The number of nitrogens with zero attached hydrogens (tertiary/aromatic N) is 4. The molecule has 0 radical (unpaired) electrons. The van der Waals surface area contributed by atoms with Gasteiger partial charge >= 0.3 is 12.3 Å². The second kappa shape index (κ2) is 34.9. The number of aliphatic hydroxyl groups excluding tert-OH is 2. The summed E-state index contributed by atoms with van der Waals surface area (Å²) in [7, 11) is 0. The zero-order chi connectivity index (χ0) is 42.8. The van der Waals surface area contributed by atoms with E-state index in [0.29, 0.717) is 26.1 Å². The SMILES string of the molecule is C#CCCOC(=O)OCC(C)(CO)C(=O)NCCC[n+]1ccn(CCCC)c1.C#CCCOC(=O)OCC(C)(CO)C(=O)NCCCn1ccnc1.CCCCBr.[Br-]. The summed E-state index contributed by atoms with van der Waals surface area (Å²) in [6.07, 6.45) is 26.5. The van der Waals surface area contributed by atoms with Crippen LogP contribution in [-0.2, 0) is 48.2 Å². The monoisotopic (exact) mass is 946 g/mol. The number of amides is 2. The van der Waals surface area contributed by atoms with E-state index in [-0.39, 0.29) is 62.2 Å². The number of carbonyl (C=O) groups excluding carboxylic acids is 4. The molecule has 16 nitrogen and oxygen atoms in total. The van der Waals surface area contributed by atoms with Crippen molar-refractivity contribution in [3.05, 3.63) is 37.4 Å². The second-order valence-corrected chi connectivity index (χ2v) is 14.2. The predicted octanol–water partition coefficient (Wildman–Crippen LogP) is 1.01. The van der Waals surface area contributed by atoms with Crippen molar-refractivity contribution in [1.82, 2.24) is 24.8 Å². The number of alkyl halides is 1. The Labute approximate surface area is 363 Å². The minimum Gasteiger partial charge on any atom is -1.00 e. The second-order valence-electron chi connectivity index (χ2n) is 13.4. The van der Waals surface area contributed by atoms with Crippen LogP contribution < -0.4 is 32.2 Å². The third-order valence-electron chi connectivity index (χ3n) is 8.06. The van der Waals surface area contributed by atoms with Crippen LogP contribution in [-0.4, -0.2) is 107 Å². The number of imidazole rings is 2. The quantitative estimate of drug-likeness (QED) is 0.0365. The number of carbonyl (C=O) groups is 4. The topological polar surface area (TPSA) is 196 Å². The standard InChI is InChI=1S/C20H31N3O5.C16H23N3O5.C4H9Br.BrH/c1-4-6-10-22-12-13-23(17-22)11-8-9-21-18(25)20(3,15-24)16-28-19(26)27-14-7-5-2;1-3-4-10-23-15(22)24-12-16(2,11-20)14(21)18-6-5-8-19-9-7-17-13-19;1-2-3-4-5;/h2,12-13,17,24H,4,6-11,14-16H2,1,3H3;1,7,9,13,20H,4-6,8,10-12H2,2H3,(H,18,21);2-4H2,1H3;1H. The van der Waals surface area contributed by atoms with Crippen LogP contribution in [0.2, 0.25) is 0 Å². The van der Waals surface area contributed by atoms with E-state index < -0.39 is 42.3 Å². The van der Waals surface area contributed by atoms with Crippen LogP contribution in [0, 0.1) is 35.5 Å². The lowest BCUT2D eigenvalue weighted by Crippen LogP contribution is -3.00. The minimum atomic E-state index is -1.24. The van der Waals surface area contributed by atoms with Gasteiger partial charge in [-0.25, -0.2) is 23.7 Å². The van der Waals surface area contributed by atoms with Crippen molar-refractivity contribution in [1.29, 1.82) is 0 Å². The molecule has 0 aliphatic heterocycles. The molecule has 0 aliphatic carbocycles. The molecule has 0 aliphatic rings. The minimum absolute atomic E-state index is 0. The molecular formula is C40H64Br2N6O10. The Hall–Kier alpha value is -4.10. The van der Waals surface area contributed by atoms with Crippen molar-refractivity contribution in [3.8, 4) is 24.7 Å². The van der Waals surface area contributed by atoms with Crippen molar-refractivity contribution in [2.75, 3.05) is 58.1 Å². The molecule has 2 unspecified atom stereocenters. The van der Waals surface area contributed by atoms with Gasteiger partial charge in [0.2, 0.25) is 18.1 Å². The molecule has 2 rings (SSSR count). The fraction of sp³-hybridized carbons (Fsp3) is 0.650. The number of aryl methyl sites for hydroxylation is 3. The van der Waals surface area contributed by atoms with Crippen LogP contribution in [0.5, 0.6) is 0 Å². The van der Waals surface area contributed by atoms with Gasteiger partial charge in [0.1, 0.15) is 49.7 Å². The number of ether oxygens (including phenoxy) is 4. The number of nitrogens with one attached hydrogen (secondary N) is 2. The van der Waals surface area contributed by atoms with E-state index in [1.54, 1.807) is 12.5 Å². The van der Waals surface area contributed by atoms with Gasteiger partial charge in [0, 0.05) is 56.6 Å². The molecule has 0 aromatic carbocycles. The average Bonchev–Trinajstić information content (AvgIpc) is 3.92. The average molecular weight is 949 g/mol. The summed E-state index contributed by atoms with van der Waals surface area (Å²) in [6, 6.07) is 0. The molecule has 0 spiro atoms. The van der Waals surface area contributed by atoms with Gasteiger partial charge < -0.3 is 61.3 Å². The summed E-state index contributed by atoms with van der Waals surface area (Å²) in [5.74, 6) is 3.88. The number of unbranched alkanes of at least 4 members (excludes halogenated alkanes) is 2. The highest BCUT2D eigenvalue weighted by atomic mass is 79.9. The molecule has 0 saturated carbocycles. The maximum Gasteiger partial charge on any atom is 0.508 e. The predicted molar refractivity (Wildman–Crippen MR) is 218 cm³/mol. The molecule has 58 heavy (non-hydrogen) atoms. The van der Waals surface area contributed by atoms with Crippen molar-refractivity contribution in [2.24, 2.45) is 10.8 Å². The number of halogens is 2. The zero-order valence-electron chi connectivity index (χ0n) is 34.5. The molecule has 0 fully saturated rings. The van der Waals surface area contributed by atoms with Gasteiger partial charge in [0.25, 0.3) is 0 Å². The number of terminal acetylenes is 2. The van der Waals surface area contributed by atoms with Gasteiger partial charge in [0.15, 0.2) is 0 Å². The lowest BCUT2D eigenvalue weighted by atomic mass is 9.92. The summed E-state index contributed by atoms with van der Waals surface area (Å²) in [6.45, 7) is 9.37. The molecule has 2 aromatic rings. The summed E-state index contributed by atoms with van der Waals surface area (Å²) < 4.78 is 25.4. The Balaban J connectivity index is 0. The van der Waals surface area contributed by atoms with Gasteiger partial charge in [-0.2, -0.15) is 0 Å². The van der Waals surface area contributed by atoms with Gasteiger partial charge in [0.05, 0.1) is 32.6 Å². The maximum absolute atomic E-state index is 12.4. The Bertz CT molecular complexity index is 1480. The number of hydrogen-bond donors (Lipinski definition) is 4. The van der Waals surface area contributed by atoms with Crippen molar-refractivity contribution in [2.45, 2.75) is 98.7 Å². The van der Waals surface area contributed by atoms with Crippen LogP contribution in [0.3, 0.4) is 0 Å². The first kappa shape index (κ1) is 56.0. The molecule has 2 heterocycles. The first-order chi connectivity index (χ1) is 27.4. The molecule has 18 heteroatoms. The van der Waals surface area contributed by atoms with E-state index in [9.17, 15) is 29.4 Å². The third kappa shape index (κ3) is 26.0. The maximum atomic E-state index is 12.4. The highest BCUT2D eigenvalue weighted by Crippen LogP contribution is 2.18. The summed E-state index contributed by atoms with van der Waals surface area (Å²) >= 11 is 3.31. The van der Waals surface area contributed by atoms with E-state index in [4.69, 9.17) is 31.8 Å². The molecule has 2 aromatic heterocycles. The lowest BCUT2D eigenvalue weighted by molar-refractivity contribution is -0.696. The summed E-state index contributed by atoms with van der Waals surface area (Å²) in [5, 5.41) is 25.7. The number of hydrogen-bond acceptors (Lipinski definition) is 11. The Kier molecular flexibility index (Phi) is 33.7. The molecule has 2 amide bonds. The Morgan fingerprint density at radius 2 is 1.31 bits per heavy atom. The van der Waals surface area contributed by atoms with Crippen LogP contribution in [0.1, 0.15) is 79.1 Å². The van der Waals surface area contributed by atoms with Gasteiger partial charge in [-0.05, 0) is 33.1 Å². The van der Waals surface area contributed by atoms with Crippen LogP contribution in [0.4, 0.5) is 9.59 Å². The Morgan fingerprint density at radius 1 is 0.793 bits per heavy atom. The van der Waals surface area contributed by atoms with E-state index >= 15 is 0 Å². The van der Waals surface area contributed by atoms with E-state index in [1.165, 1.54) is 26.7 Å². The van der Waals surface area contributed by atoms with E-state index in [2.05, 4.69) is 72.7 Å². The van der Waals surface area contributed by atoms with Crippen LogP contribution in [0.15, 0.2) is 37.4 Å². The normalized spacial score (nSPS) is 12.1. The zero-order valence-corrected chi connectivity index (χ0v) is 37.6. The third-order valence-corrected chi connectivity index (χ3v) is 8.62.